The summed E-state index contributed by atoms with van der Waals surface area (Å²) in [7, 11) is 3.89. The number of unbranched alkanes of at least 4 members (excludes halogenated alkanes) is 2. The molecule has 182 valence electrons. The molecule has 0 aliphatic carbocycles. The zero-order chi connectivity index (χ0) is 24.7. The summed E-state index contributed by atoms with van der Waals surface area (Å²) in [4.78, 5) is 29.5. The first-order chi connectivity index (χ1) is 16.3. The van der Waals surface area contributed by atoms with E-state index in [2.05, 4.69) is 6.92 Å². The number of ketones is 1. The third-order valence-corrected chi connectivity index (χ3v) is 5.90. The minimum Gasteiger partial charge on any atom is -0.508 e. The number of aromatic hydroxyl groups is 1. The summed E-state index contributed by atoms with van der Waals surface area (Å²) in [5.74, 6) is -0.784. The smallest absolute Gasteiger partial charge is 0.295 e. The van der Waals surface area contributed by atoms with Gasteiger partial charge in [-0.05, 0) is 75.4 Å². The Labute approximate surface area is 201 Å². The fourth-order valence-corrected chi connectivity index (χ4v) is 4.08. The van der Waals surface area contributed by atoms with Crippen LogP contribution in [-0.4, -0.2) is 65.5 Å². The highest BCUT2D eigenvalue weighted by molar-refractivity contribution is 6.46. The second-order valence-electron chi connectivity index (χ2n) is 8.82. The highest BCUT2D eigenvalue weighted by Gasteiger charge is 2.45. The quantitative estimate of drug-likeness (QED) is 0.222. The molecule has 2 aromatic carbocycles. The molecule has 2 aromatic rings. The summed E-state index contributed by atoms with van der Waals surface area (Å²) >= 11 is 0. The van der Waals surface area contributed by atoms with Gasteiger partial charge in [0, 0.05) is 12.1 Å². The van der Waals surface area contributed by atoms with Gasteiger partial charge in [-0.15, -0.1) is 0 Å². The summed E-state index contributed by atoms with van der Waals surface area (Å²) in [5, 5.41) is 20.9. The van der Waals surface area contributed by atoms with Crippen LogP contribution in [0.15, 0.2) is 54.1 Å². The monoisotopic (exact) mass is 466 g/mol. The van der Waals surface area contributed by atoms with Gasteiger partial charge in [0.15, 0.2) is 0 Å². The van der Waals surface area contributed by atoms with Crippen molar-refractivity contribution in [3.8, 4) is 11.5 Å². The summed E-state index contributed by atoms with van der Waals surface area (Å²) in [6.45, 7) is 3.88. The number of phenolic OH excluding ortho intramolecular Hbond substituents is 1. The number of ether oxygens (including phenoxy) is 1. The van der Waals surface area contributed by atoms with Gasteiger partial charge < -0.3 is 24.7 Å². The van der Waals surface area contributed by atoms with E-state index in [9.17, 15) is 19.8 Å². The number of hydrogen-bond acceptors (Lipinski definition) is 6. The Kier molecular flexibility index (Phi) is 8.71. The molecular formula is C27H34N2O5. The Morgan fingerprint density at radius 2 is 1.68 bits per heavy atom. The van der Waals surface area contributed by atoms with Crippen molar-refractivity contribution in [3.63, 3.8) is 0 Å². The van der Waals surface area contributed by atoms with Gasteiger partial charge in [0.25, 0.3) is 11.7 Å². The number of aliphatic hydroxyl groups is 1. The lowest BCUT2D eigenvalue weighted by molar-refractivity contribution is -0.139. The number of carbonyl (C=O) groups is 2. The van der Waals surface area contributed by atoms with Crippen molar-refractivity contribution in [1.29, 1.82) is 0 Å². The van der Waals surface area contributed by atoms with Crippen LogP contribution in [0.2, 0.25) is 0 Å². The average molecular weight is 467 g/mol. The van der Waals surface area contributed by atoms with Gasteiger partial charge in [0.2, 0.25) is 0 Å². The van der Waals surface area contributed by atoms with Crippen molar-refractivity contribution in [1.82, 2.24) is 9.80 Å². The van der Waals surface area contributed by atoms with Crippen LogP contribution < -0.4 is 4.74 Å². The highest BCUT2D eigenvalue weighted by Crippen LogP contribution is 2.40. The van der Waals surface area contributed by atoms with Crippen LogP contribution >= 0.6 is 0 Å². The number of benzene rings is 2. The van der Waals surface area contributed by atoms with Gasteiger partial charge in [-0.3, -0.25) is 9.59 Å². The summed E-state index contributed by atoms with van der Waals surface area (Å²) in [6, 6.07) is 12.5. The van der Waals surface area contributed by atoms with Crippen LogP contribution in [0, 0.1) is 0 Å². The predicted molar refractivity (Wildman–Crippen MR) is 132 cm³/mol. The maximum atomic E-state index is 13.1. The van der Waals surface area contributed by atoms with E-state index < -0.39 is 17.7 Å². The molecule has 7 nitrogen and oxygen atoms in total. The molecule has 1 heterocycles. The minimum absolute atomic E-state index is 0.0529. The number of rotatable bonds is 11. The van der Waals surface area contributed by atoms with Gasteiger partial charge in [-0.25, -0.2) is 0 Å². The zero-order valence-corrected chi connectivity index (χ0v) is 20.2. The molecule has 0 saturated carbocycles. The first-order valence-electron chi connectivity index (χ1n) is 11.8. The third kappa shape index (κ3) is 5.97. The fourth-order valence-electron chi connectivity index (χ4n) is 4.08. The molecule has 1 aliphatic rings. The molecule has 34 heavy (non-hydrogen) atoms. The number of likely N-dealkylation sites (tertiary alicyclic amines) is 1. The van der Waals surface area contributed by atoms with Crippen LogP contribution in [-0.2, 0) is 9.59 Å². The van der Waals surface area contributed by atoms with E-state index >= 15 is 0 Å². The lowest BCUT2D eigenvalue weighted by Crippen LogP contribution is -2.32. The van der Waals surface area contributed by atoms with Crippen LogP contribution in [0.5, 0.6) is 11.5 Å². The van der Waals surface area contributed by atoms with Crippen molar-refractivity contribution in [2.24, 2.45) is 0 Å². The maximum absolute atomic E-state index is 13.1. The third-order valence-electron chi connectivity index (χ3n) is 5.90. The Morgan fingerprint density at radius 3 is 2.29 bits per heavy atom. The Hall–Kier alpha value is -3.32. The molecule has 2 N–H and O–H groups in total. The zero-order valence-electron chi connectivity index (χ0n) is 20.2. The average Bonchev–Trinajstić information content (AvgIpc) is 3.07. The van der Waals surface area contributed by atoms with Gasteiger partial charge >= 0.3 is 0 Å². The SMILES string of the molecule is CCCCCOc1ccc(/C(O)=C2/C(=O)C(=O)N(CCCN(C)C)C2c2ccc(O)cc2)cc1. The molecule has 3 rings (SSSR count). The molecule has 1 amide bonds. The number of carbonyl (C=O) groups excluding carboxylic acids is 2. The van der Waals surface area contributed by atoms with E-state index in [1.165, 1.54) is 17.0 Å². The Bertz CT molecular complexity index is 1010. The van der Waals surface area contributed by atoms with E-state index in [4.69, 9.17) is 4.74 Å². The molecule has 1 fully saturated rings. The molecule has 7 heteroatoms. The lowest BCUT2D eigenvalue weighted by atomic mass is 9.95. The number of Topliss-reactive ketones (excluding diaryl/α,β-unsaturated/α-hetero) is 1. The highest BCUT2D eigenvalue weighted by atomic mass is 16.5. The van der Waals surface area contributed by atoms with Gasteiger partial charge in [-0.2, -0.15) is 0 Å². The van der Waals surface area contributed by atoms with E-state index in [1.54, 1.807) is 36.4 Å². The molecule has 1 saturated heterocycles. The molecule has 0 bridgehead atoms. The molecule has 0 radical (unpaired) electrons. The maximum Gasteiger partial charge on any atom is 0.295 e. The topological polar surface area (TPSA) is 90.3 Å². The minimum atomic E-state index is -0.729. The molecular weight excluding hydrogens is 432 g/mol. The summed E-state index contributed by atoms with van der Waals surface area (Å²) in [6.07, 6.45) is 3.87. The second kappa shape index (κ2) is 11.7. The molecule has 1 unspecified atom stereocenters. The van der Waals surface area contributed by atoms with Crippen LogP contribution in [0.4, 0.5) is 0 Å². The number of amides is 1. The standard InChI is InChI=1S/C27H34N2O5/c1-4-5-6-18-34-22-14-10-20(11-15-22)25(31)23-24(19-8-12-21(30)13-9-19)29(27(33)26(23)32)17-7-16-28(2)3/h8-15,24,30-31H,4-7,16-18H2,1-3H3/b25-23-. The number of aliphatic hydroxyl groups excluding tert-OH is 1. The molecule has 0 aromatic heterocycles. The molecule has 0 spiro atoms. The van der Waals surface area contributed by atoms with Crippen molar-refractivity contribution >= 4 is 17.4 Å². The van der Waals surface area contributed by atoms with E-state index in [-0.39, 0.29) is 17.1 Å². The fraction of sp³-hybridized carbons (Fsp3) is 0.407. The largest absolute Gasteiger partial charge is 0.508 e. The Balaban J connectivity index is 1.93. The van der Waals surface area contributed by atoms with Gasteiger partial charge in [0.05, 0.1) is 18.2 Å². The van der Waals surface area contributed by atoms with Crippen LogP contribution in [0.25, 0.3) is 5.76 Å². The van der Waals surface area contributed by atoms with Crippen molar-refractivity contribution in [2.75, 3.05) is 33.8 Å². The van der Waals surface area contributed by atoms with Gasteiger partial charge in [-0.1, -0.05) is 31.9 Å². The Morgan fingerprint density at radius 1 is 1.00 bits per heavy atom. The van der Waals surface area contributed by atoms with Gasteiger partial charge in [0.1, 0.15) is 17.3 Å². The van der Waals surface area contributed by atoms with E-state index in [0.29, 0.717) is 36.4 Å². The molecule has 1 atom stereocenters. The summed E-state index contributed by atoms with van der Waals surface area (Å²) in [5.41, 5.74) is 1.15. The van der Waals surface area contributed by atoms with E-state index in [1.807, 2.05) is 19.0 Å². The number of hydrogen-bond donors (Lipinski definition) is 2. The van der Waals surface area contributed by atoms with Crippen molar-refractivity contribution < 1.29 is 24.5 Å². The second-order valence-corrected chi connectivity index (χ2v) is 8.82. The predicted octanol–water partition coefficient (Wildman–Crippen LogP) is 4.33. The van der Waals surface area contributed by atoms with E-state index in [0.717, 1.165) is 25.8 Å². The first-order valence-corrected chi connectivity index (χ1v) is 11.8. The number of nitrogens with zero attached hydrogens (tertiary/aromatic N) is 2. The number of phenols is 1. The first kappa shape index (κ1) is 25.3. The molecule has 1 aliphatic heterocycles. The van der Waals surface area contributed by atoms with Crippen molar-refractivity contribution in [3.05, 3.63) is 65.2 Å². The van der Waals surface area contributed by atoms with Crippen molar-refractivity contribution in [2.45, 2.75) is 38.6 Å². The summed E-state index contributed by atoms with van der Waals surface area (Å²) < 4.78 is 5.73. The lowest BCUT2D eigenvalue weighted by Gasteiger charge is -2.26. The van der Waals surface area contributed by atoms with Crippen LogP contribution in [0.3, 0.4) is 0 Å². The normalized spacial score (nSPS) is 17.5. The van der Waals surface area contributed by atoms with Crippen LogP contribution in [0.1, 0.15) is 49.8 Å².